The Morgan fingerprint density at radius 1 is 1.67 bits per heavy atom. The van der Waals surface area contributed by atoms with E-state index < -0.39 is 5.60 Å². The molecule has 0 saturated heterocycles. The largest absolute Gasteiger partial charge is 0.388 e. The monoisotopic (exact) mass is 311 g/mol. The van der Waals surface area contributed by atoms with E-state index in [1.165, 1.54) is 10.9 Å². The minimum Gasteiger partial charge on any atom is -0.388 e. The third-order valence-electron chi connectivity index (χ3n) is 3.12. The van der Waals surface area contributed by atoms with Gasteiger partial charge in [-0.2, -0.15) is 5.10 Å². The van der Waals surface area contributed by atoms with Crippen molar-refractivity contribution in [1.82, 2.24) is 9.78 Å². The van der Waals surface area contributed by atoms with E-state index in [0.29, 0.717) is 16.7 Å². The highest BCUT2D eigenvalue weighted by molar-refractivity contribution is 9.10. The maximum absolute atomic E-state index is 11.8. The second-order valence-corrected chi connectivity index (χ2v) is 5.26. The molecule has 1 aromatic rings. The van der Waals surface area contributed by atoms with E-state index in [2.05, 4.69) is 32.3 Å². The molecular formula is C12H14BrN3O2. The fourth-order valence-electron chi connectivity index (χ4n) is 1.81. The van der Waals surface area contributed by atoms with Crippen molar-refractivity contribution in [2.75, 3.05) is 11.9 Å². The topological polar surface area (TPSA) is 67.2 Å². The van der Waals surface area contributed by atoms with Gasteiger partial charge in [0.05, 0.1) is 17.5 Å². The number of aliphatic hydroxyl groups is 1. The van der Waals surface area contributed by atoms with Crippen LogP contribution >= 0.6 is 15.9 Å². The van der Waals surface area contributed by atoms with E-state index in [0.717, 1.165) is 19.3 Å². The van der Waals surface area contributed by atoms with E-state index in [9.17, 15) is 9.90 Å². The number of nitrogens with one attached hydrogen (secondary N) is 1. The molecule has 0 spiro atoms. The highest BCUT2D eigenvalue weighted by atomic mass is 79.9. The van der Waals surface area contributed by atoms with Gasteiger partial charge in [0, 0.05) is 6.54 Å². The Morgan fingerprint density at radius 2 is 2.39 bits per heavy atom. The van der Waals surface area contributed by atoms with Crippen LogP contribution in [0.3, 0.4) is 0 Å². The summed E-state index contributed by atoms with van der Waals surface area (Å²) in [5.74, 6) is 2.37. The first kappa shape index (κ1) is 13.1. The summed E-state index contributed by atoms with van der Waals surface area (Å²) < 4.78 is 1.59. The molecule has 0 bridgehead atoms. The molecule has 2 rings (SSSR count). The van der Waals surface area contributed by atoms with E-state index in [1.807, 2.05) is 0 Å². The van der Waals surface area contributed by atoms with E-state index in [-0.39, 0.29) is 12.1 Å². The van der Waals surface area contributed by atoms with Crippen LogP contribution in [-0.2, 0) is 6.54 Å². The molecule has 2 N–H and O–H groups in total. The van der Waals surface area contributed by atoms with E-state index in [4.69, 9.17) is 6.42 Å². The van der Waals surface area contributed by atoms with E-state index >= 15 is 0 Å². The minimum atomic E-state index is -0.646. The van der Waals surface area contributed by atoms with Gasteiger partial charge in [0.2, 0.25) is 0 Å². The fourth-order valence-corrected chi connectivity index (χ4v) is 2.26. The zero-order valence-corrected chi connectivity index (χ0v) is 11.4. The number of hydrogen-bond donors (Lipinski definition) is 2. The third-order valence-corrected chi connectivity index (χ3v) is 3.88. The number of terminal acetylenes is 1. The van der Waals surface area contributed by atoms with Crippen LogP contribution in [0.4, 0.5) is 5.69 Å². The van der Waals surface area contributed by atoms with Gasteiger partial charge in [-0.15, -0.1) is 6.42 Å². The zero-order chi connectivity index (χ0) is 13.2. The van der Waals surface area contributed by atoms with Gasteiger partial charge in [-0.05, 0) is 35.2 Å². The van der Waals surface area contributed by atoms with Gasteiger partial charge in [-0.25, -0.2) is 4.68 Å². The molecule has 0 atom stereocenters. The summed E-state index contributed by atoms with van der Waals surface area (Å²) in [6.45, 7) is 0.563. The molecule has 1 saturated carbocycles. The van der Waals surface area contributed by atoms with Crippen molar-refractivity contribution in [3.8, 4) is 12.3 Å². The number of rotatable bonds is 4. The molecule has 18 heavy (non-hydrogen) atoms. The standard InChI is InChI=1S/C12H14BrN3O2/c1-2-6-16-11(17)10(13)9(7-15-16)14-8-12(18)4-3-5-12/h1,7,14,18H,3-6,8H2. The Labute approximate surface area is 113 Å². The van der Waals surface area contributed by atoms with E-state index in [1.54, 1.807) is 0 Å². The molecule has 6 heteroatoms. The minimum absolute atomic E-state index is 0.141. The highest BCUT2D eigenvalue weighted by Gasteiger charge is 2.34. The van der Waals surface area contributed by atoms with Crippen LogP contribution in [0, 0.1) is 12.3 Å². The summed E-state index contributed by atoms with van der Waals surface area (Å²) in [4.78, 5) is 11.8. The molecule has 96 valence electrons. The molecule has 1 aromatic heterocycles. The van der Waals surface area contributed by atoms with Crippen LogP contribution in [0.15, 0.2) is 15.5 Å². The van der Waals surface area contributed by atoms with Gasteiger partial charge < -0.3 is 10.4 Å². The van der Waals surface area contributed by atoms with Crippen molar-refractivity contribution in [3.63, 3.8) is 0 Å². The van der Waals surface area contributed by atoms with Gasteiger partial charge in [0.15, 0.2) is 0 Å². The van der Waals surface area contributed by atoms with Crippen molar-refractivity contribution in [2.45, 2.75) is 31.4 Å². The van der Waals surface area contributed by atoms with Gasteiger partial charge >= 0.3 is 0 Å². The maximum atomic E-state index is 11.8. The smallest absolute Gasteiger partial charge is 0.284 e. The Kier molecular flexibility index (Phi) is 3.73. The first-order chi connectivity index (χ1) is 8.56. The van der Waals surface area contributed by atoms with Gasteiger partial charge in [0.1, 0.15) is 11.0 Å². The molecule has 0 unspecified atom stereocenters. The molecule has 0 aromatic carbocycles. The molecule has 0 radical (unpaired) electrons. The first-order valence-electron chi connectivity index (χ1n) is 5.71. The van der Waals surface area contributed by atoms with Crippen molar-refractivity contribution in [1.29, 1.82) is 0 Å². The lowest BCUT2D eigenvalue weighted by atomic mass is 9.80. The average Bonchev–Trinajstić information content (AvgIpc) is 2.32. The molecule has 1 aliphatic rings. The quantitative estimate of drug-likeness (QED) is 0.813. The molecule has 0 aliphatic heterocycles. The summed E-state index contributed by atoms with van der Waals surface area (Å²) in [5.41, 5.74) is -0.347. The molecule has 0 amide bonds. The van der Waals surface area contributed by atoms with Crippen LogP contribution in [-0.4, -0.2) is 27.0 Å². The fraction of sp³-hybridized carbons (Fsp3) is 0.500. The predicted octanol–water partition coefficient (Wildman–Crippen LogP) is 0.966. The van der Waals surface area contributed by atoms with Crippen LogP contribution in [0.1, 0.15) is 19.3 Å². The third kappa shape index (κ3) is 2.57. The van der Waals surface area contributed by atoms with Crippen molar-refractivity contribution >= 4 is 21.6 Å². The molecule has 1 heterocycles. The maximum Gasteiger partial charge on any atom is 0.284 e. The number of hydrogen-bond acceptors (Lipinski definition) is 4. The summed E-state index contributed by atoms with van der Waals surface area (Å²) in [6.07, 6.45) is 9.30. The first-order valence-corrected chi connectivity index (χ1v) is 6.50. The Bertz CT molecular complexity index is 543. The van der Waals surface area contributed by atoms with Crippen LogP contribution < -0.4 is 10.9 Å². The number of anilines is 1. The number of nitrogens with zero attached hydrogens (tertiary/aromatic N) is 2. The molecule has 1 fully saturated rings. The number of halogens is 1. The van der Waals surface area contributed by atoms with Crippen LogP contribution in [0.25, 0.3) is 0 Å². The van der Waals surface area contributed by atoms with Gasteiger partial charge in [-0.3, -0.25) is 4.79 Å². The lowest BCUT2D eigenvalue weighted by Gasteiger charge is -2.36. The van der Waals surface area contributed by atoms with Crippen molar-refractivity contribution < 1.29 is 5.11 Å². The average molecular weight is 312 g/mol. The SMILES string of the molecule is C#CCn1ncc(NCC2(O)CCC2)c(Br)c1=O. The Morgan fingerprint density at radius 3 is 2.94 bits per heavy atom. The molecular weight excluding hydrogens is 298 g/mol. The summed E-state index contributed by atoms with van der Waals surface area (Å²) in [5, 5.41) is 17.0. The zero-order valence-electron chi connectivity index (χ0n) is 9.82. The van der Waals surface area contributed by atoms with Crippen LogP contribution in [0.2, 0.25) is 0 Å². The Hall–Kier alpha value is -1.32. The second kappa shape index (κ2) is 5.12. The molecule has 5 nitrogen and oxygen atoms in total. The lowest BCUT2D eigenvalue weighted by molar-refractivity contribution is -0.0202. The summed E-state index contributed by atoms with van der Waals surface area (Å²) >= 11 is 3.22. The number of aromatic nitrogens is 2. The summed E-state index contributed by atoms with van der Waals surface area (Å²) in [7, 11) is 0. The van der Waals surface area contributed by atoms with Crippen molar-refractivity contribution in [2.24, 2.45) is 0 Å². The summed E-state index contributed by atoms with van der Waals surface area (Å²) in [6, 6.07) is 0. The van der Waals surface area contributed by atoms with Crippen molar-refractivity contribution in [3.05, 3.63) is 21.0 Å². The second-order valence-electron chi connectivity index (χ2n) is 4.47. The van der Waals surface area contributed by atoms with Gasteiger partial charge in [0.25, 0.3) is 5.56 Å². The predicted molar refractivity (Wildman–Crippen MR) is 72.3 cm³/mol. The van der Waals surface area contributed by atoms with Crippen LogP contribution in [0.5, 0.6) is 0 Å². The normalized spacial score (nSPS) is 16.7. The highest BCUT2D eigenvalue weighted by Crippen LogP contribution is 2.32. The molecule has 1 aliphatic carbocycles. The lowest BCUT2D eigenvalue weighted by Crippen LogP contribution is -2.43. The Balaban J connectivity index is 2.12. The van der Waals surface area contributed by atoms with Gasteiger partial charge in [-0.1, -0.05) is 5.92 Å².